The number of rotatable bonds is 7. The number of hydrogen-bond donors (Lipinski definition) is 1. The number of nitrogens with one attached hydrogen (secondary N) is 1. The highest BCUT2D eigenvalue weighted by molar-refractivity contribution is 5.67. The van der Waals surface area contributed by atoms with Crippen LogP contribution in [0.25, 0.3) is 17.2 Å². The van der Waals surface area contributed by atoms with Gasteiger partial charge in [0.2, 0.25) is 0 Å². The van der Waals surface area contributed by atoms with E-state index in [1.54, 1.807) is 0 Å². The molecule has 1 nitrogen and oxygen atoms in total. The summed E-state index contributed by atoms with van der Waals surface area (Å²) in [5.74, 6) is 0. The second-order valence-corrected chi connectivity index (χ2v) is 5.90. The van der Waals surface area contributed by atoms with E-state index in [0.29, 0.717) is 0 Å². The molecule has 3 aromatic carbocycles. The maximum atomic E-state index is 3.79. The summed E-state index contributed by atoms with van der Waals surface area (Å²) in [6.45, 7) is 5.64. The van der Waals surface area contributed by atoms with E-state index in [0.717, 1.165) is 19.5 Å². The van der Waals surface area contributed by atoms with Gasteiger partial charge in [0, 0.05) is 6.54 Å². The van der Waals surface area contributed by atoms with E-state index in [4.69, 9.17) is 0 Å². The summed E-state index contributed by atoms with van der Waals surface area (Å²) in [6.07, 6.45) is 2.91. The van der Waals surface area contributed by atoms with Crippen LogP contribution in [0.3, 0.4) is 0 Å². The van der Waals surface area contributed by atoms with Gasteiger partial charge in [0.15, 0.2) is 0 Å². The van der Waals surface area contributed by atoms with Gasteiger partial charge in [-0.2, -0.15) is 0 Å². The fraction of sp³-hybridized carbons (Fsp3) is 0.130. The molecular formula is C23H23N. The van der Waals surface area contributed by atoms with Gasteiger partial charge in [-0.3, -0.25) is 0 Å². The van der Waals surface area contributed by atoms with Gasteiger partial charge in [-0.15, -0.1) is 0 Å². The summed E-state index contributed by atoms with van der Waals surface area (Å²) >= 11 is 0. The Morgan fingerprint density at radius 2 is 1.50 bits per heavy atom. The molecule has 0 amide bonds. The van der Waals surface area contributed by atoms with Crippen molar-refractivity contribution in [2.24, 2.45) is 0 Å². The lowest BCUT2D eigenvalue weighted by molar-refractivity contribution is 0.688. The SMILES string of the molecule is C=Cc1ccc(CCNCc2ccccc2-c2ccccc2)cc1. The first-order valence-electron chi connectivity index (χ1n) is 8.42. The highest BCUT2D eigenvalue weighted by Crippen LogP contribution is 2.23. The molecule has 24 heavy (non-hydrogen) atoms. The van der Waals surface area contributed by atoms with Crippen LogP contribution in [0.1, 0.15) is 16.7 Å². The van der Waals surface area contributed by atoms with E-state index in [1.807, 2.05) is 6.08 Å². The molecule has 0 unspecified atom stereocenters. The van der Waals surface area contributed by atoms with Crippen molar-refractivity contribution in [1.29, 1.82) is 0 Å². The number of benzene rings is 3. The van der Waals surface area contributed by atoms with Crippen molar-refractivity contribution < 1.29 is 0 Å². The molecule has 0 spiro atoms. The molecule has 120 valence electrons. The summed E-state index contributed by atoms with van der Waals surface area (Å²) in [5.41, 5.74) is 6.44. The predicted octanol–water partition coefficient (Wildman–Crippen LogP) is 5.33. The highest BCUT2D eigenvalue weighted by Gasteiger charge is 2.03. The Bertz CT molecular complexity index is 773. The molecule has 0 radical (unpaired) electrons. The molecule has 0 aliphatic rings. The molecule has 0 bridgehead atoms. The molecule has 3 rings (SSSR count). The van der Waals surface area contributed by atoms with Crippen molar-refractivity contribution in [2.45, 2.75) is 13.0 Å². The maximum absolute atomic E-state index is 3.79. The molecule has 0 aliphatic carbocycles. The normalized spacial score (nSPS) is 10.5. The standard InChI is InChI=1S/C23H23N/c1-2-19-12-14-20(15-13-19)16-17-24-18-22-10-6-7-11-23(22)21-8-4-3-5-9-21/h2-15,24H,1,16-18H2. The first-order chi connectivity index (χ1) is 11.9. The largest absolute Gasteiger partial charge is 0.312 e. The average Bonchev–Trinajstić information content (AvgIpc) is 2.67. The van der Waals surface area contributed by atoms with Crippen molar-refractivity contribution in [3.63, 3.8) is 0 Å². The summed E-state index contributed by atoms with van der Waals surface area (Å²) in [6, 6.07) is 27.8. The van der Waals surface area contributed by atoms with E-state index >= 15 is 0 Å². The lowest BCUT2D eigenvalue weighted by Gasteiger charge is -2.11. The molecular weight excluding hydrogens is 290 g/mol. The van der Waals surface area contributed by atoms with Gasteiger partial charge in [-0.05, 0) is 40.8 Å². The van der Waals surface area contributed by atoms with Gasteiger partial charge in [-0.1, -0.05) is 91.5 Å². The molecule has 0 aliphatic heterocycles. The predicted molar refractivity (Wildman–Crippen MR) is 104 cm³/mol. The van der Waals surface area contributed by atoms with Crippen LogP contribution in [0.5, 0.6) is 0 Å². The molecule has 0 saturated heterocycles. The van der Waals surface area contributed by atoms with Crippen LogP contribution in [0.4, 0.5) is 0 Å². The molecule has 0 fully saturated rings. The third-order valence-electron chi connectivity index (χ3n) is 4.22. The molecule has 0 heterocycles. The second-order valence-electron chi connectivity index (χ2n) is 5.90. The summed E-state index contributed by atoms with van der Waals surface area (Å²) in [5, 5.41) is 3.57. The lowest BCUT2D eigenvalue weighted by atomic mass is 10.00. The van der Waals surface area contributed by atoms with Gasteiger partial charge >= 0.3 is 0 Å². The molecule has 0 saturated carbocycles. The smallest absolute Gasteiger partial charge is 0.0211 e. The minimum Gasteiger partial charge on any atom is -0.312 e. The highest BCUT2D eigenvalue weighted by atomic mass is 14.8. The monoisotopic (exact) mass is 313 g/mol. The quantitative estimate of drug-likeness (QED) is 0.581. The Morgan fingerprint density at radius 3 is 2.25 bits per heavy atom. The van der Waals surface area contributed by atoms with Crippen molar-refractivity contribution in [3.8, 4) is 11.1 Å². The van der Waals surface area contributed by atoms with Gasteiger partial charge in [-0.25, -0.2) is 0 Å². The maximum Gasteiger partial charge on any atom is 0.0211 e. The molecule has 1 N–H and O–H groups in total. The number of hydrogen-bond acceptors (Lipinski definition) is 1. The van der Waals surface area contributed by atoms with Crippen molar-refractivity contribution in [3.05, 3.63) is 102 Å². The van der Waals surface area contributed by atoms with Crippen molar-refractivity contribution in [1.82, 2.24) is 5.32 Å². The Hall–Kier alpha value is -2.64. The van der Waals surface area contributed by atoms with Crippen LogP contribution in [-0.4, -0.2) is 6.54 Å². The van der Waals surface area contributed by atoms with E-state index in [-0.39, 0.29) is 0 Å². The summed E-state index contributed by atoms with van der Waals surface area (Å²) in [7, 11) is 0. The van der Waals surface area contributed by atoms with Crippen molar-refractivity contribution >= 4 is 6.08 Å². The van der Waals surface area contributed by atoms with Gasteiger partial charge in [0.25, 0.3) is 0 Å². The topological polar surface area (TPSA) is 12.0 Å². The third-order valence-corrected chi connectivity index (χ3v) is 4.22. The van der Waals surface area contributed by atoms with Gasteiger partial charge in [0.05, 0.1) is 0 Å². The zero-order valence-corrected chi connectivity index (χ0v) is 13.9. The Morgan fingerprint density at radius 1 is 0.792 bits per heavy atom. The van der Waals surface area contributed by atoms with Gasteiger partial charge in [0.1, 0.15) is 0 Å². The van der Waals surface area contributed by atoms with E-state index in [1.165, 1.54) is 27.8 Å². The minimum absolute atomic E-state index is 0.885. The van der Waals surface area contributed by atoms with Crippen molar-refractivity contribution in [2.75, 3.05) is 6.54 Å². The Balaban J connectivity index is 1.58. The van der Waals surface area contributed by atoms with E-state index < -0.39 is 0 Å². The second kappa shape index (κ2) is 8.28. The van der Waals surface area contributed by atoms with E-state index in [9.17, 15) is 0 Å². The minimum atomic E-state index is 0.885. The fourth-order valence-corrected chi connectivity index (χ4v) is 2.85. The molecule has 0 atom stereocenters. The van der Waals surface area contributed by atoms with Crippen LogP contribution in [0.2, 0.25) is 0 Å². The zero-order chi connectivity index (χ0) is 16.6. The van der Waals surface area contributed by atoms with Gasteiger partial charge < -0.3 is 5.32 Å². The van der Waals surface area contributed by atoms with Crippen LogP contribution < -0.4 is 5.32 Å². The first kappa shape index (κ1) is 16.2. The Kier molecular flexibility index (Phi) is 5.60. The lowest BCUT2D eigenvalue weighted by Crippen LogP contribution is -2.17. The van der Waals surface area contributed by atoms with Crippen LogP contribution in [0, 0.1) is 0 Å². The average molecular weight is 313 g/mol. The molecule has 1 heteroatoms. The Labute approximate surface area is 144 Å². The summed E-state index contributed by atoms with van der Waals surface area (Å²) in [4.78, 5) is 0. The zero-order valence-electron chi connectivity index (χ0n) is 13.9. The summed E-state index contributed by atoms with van der Waals surface area (Å²) < 4.78 is 0. The fourth-order valence-electron chi connectivity index (χ4n) is 2.85. The molecule has 3 aromatic rings. The molecule has 0 aromatic heterocycles. The van der Waals surface area contributed by atoms with Crippen LogP contribution >= 0.6 is 0 Å². The van der Waals surface area contributed by atoms with Crippen LogP contribution in [0.15, 0.2) is 85.4 Å². The van der Waals surface area contributed by atoms with E-state index in [2.05, 4.69) is 90.8 Å². The van der Waals surface area contributed by atoms with Crippen LogP contribution in [-0.2, 0) is 13.0 Å². The first-order valence-corrected chi connectivity index (χ1v) is 8.42. The third kappa shape index (κ3) is 4.21.